The Bertz CT molecular complexity index is 2340. The van der Waals surface area contributed by atoms with Gasteiger partial charge in [-0.05, 0) is 132 Å². The van der Waals surface area contributed by atoms with E-state index in [1.54, 1.807) is 35.7 Å². The Morgan fingerprint density at radius 1 is 0.586 bits per heavy atom. The van der Waals surface area contributed by atoms with Gasteiger partial charge in [-0.15, -0.1) is 23.5 Å². The third kappa shape index (κ3) is 14.1. The zero-order chi connectivity index (χ0) is 41.0. The molecule has 0 atom stereocenters. The second-order valence-corrected chi connectivity index (χ2v) is 15.1. The molecule has 0 saturated carbocycles. The number of fused-ring (bicyclic) bond motifs is 1. The molecule has 58 heavy (non-hydrogen) atoms. The molecule has 0 aliphatic carbocycles. The van der Waals surface area contributed by atoms with Crippen LogP contribution >= 0.6 is 23.5 Å². The summed E-state index contributed by atoms with van der Waals surface area (Å²) in [7, 11) is 1.34. The SMILES string of the molecule is C=CC(=O)OCCCCSc1ccc(C#Cc2ccc(OCc3ccc(C#Cc4ccc5cc(SCCCCOC(=O)C=C)ccc5c4)cc3)c(C(=O)OC)c2)cc1. The molecule has 294 valence electrons. The zero-order valence-corrected chi connectivity index (χ0v) is 34.1. The topological polar surface area (TPSA) is 88.1 Å². The number of carbonyl (C=O) groups excluding carboxylic acids is 3. The van der Waals surface area contributed by atoms with Gasteiger partial charge in [0.15, 0.2) is 0 Å². The van der Waals surface area contributed by atoms with Crippen molar-refractivity contribution in [3.8, 4) is 29.4 Å². The van der Waals surface area contributed by atoms with E-state index >= 15 is 0 Å². The first-order valence-electron chi connectivity index (χ1n) is 18.8. The predicted molar refractivity (Wildman–Crippen MR) is 233 cm³/mol. The Labute approximate surface area is 349 Å². The van der Waals surface area contributed by atoms with Crippen LogP contribution in [0.2, 0.25) is 0 Å². The number of ether oxygens (including phenoxy) is 4. The lowest BCUT2D eigenvalue weighted by atomic mass is 10.1. The normalized spacial score (nSPS) is 10.3. The molecule has 0 bridgehead atoms. The lowest BCUT2D eigenvalue weighted by Crippen LogP contribution is -2.06. The summed E-state index contributed by atoms with van der Waals surface area (Å²) in [6.07, 6.45) is 5.87. The summed E-state index contributed by atoms with van der Waals surface area (Å²) in [6.45, 7) is 7.87. The van der Waals surface area contributed by atoms with Crippen LogP contribution in [0.1, 0.15) is 63.9 Å². The minimum Gasteiger partial charge on any atom is -0.488 e. The minimum atomic E-state index is -0.505. The first kappa shape index (κ1) is 43.0. The number of methoxy groups -OCH3 is 1. The molecule has 0 N–H and O–H groups in total. The van der Waals surface area contributed by atoms with Gasteiger partial charge in [0.25, 0.3) is 0 Å². The quantitative estimate of drug-likeness (QED) is 0.0214. The first-order valence-corrected chi connectivity index (χ1v) is 20.8. The summed E-state index contributed by atoms with van der Waals surface area (Å²) in [5.41, 5.74) is 4.55. The molecular weight excluding hydrogens is 765 g/mol. The van der Waals surface area contributed by atoms with Gasteiger partial charge in [0.05, 0.1) is 20.3 Å². The van der Waals surface area contributed by atoms with Crippen molar-refractivity contribution in [2.24, 2.45) is 0 Å². The minimum absolute atomic E-state index is 0.256. The van der Waals surface area contributed by atoms with Gasteiger partial charge in [-0.2, -0.15) is 0 Å². The highest BCUT2D eigenvalue weighted by Gasteiger charge is 2.14. The van der Waals surface area contributed by atoms with Crippen LogP contribution in [0.4, 0.5) is 0 Å². The molecule has 0 aliphatic heterocycles. The van der Waals surface area contributed by atoms with Crippen molar-refractivity contribution in [1.82, 2.24) is 0 Å². The van der Waals surface area contributed by atoms with E-state index in [2.05, 4.69) is 67.2 Å². The Morgan fingerprint density at radius 2 is 1.09 bits per heavy atom. The van der Waals surface area contributed by atoms with Crippen LogP contribution in [0, 0.1) is 23.7 Å². The molecule has 7 nitrogen and oxygen atoms in total. The Balaban J connectivity index is 1.11. The van der Waals surface area contributed by atoms with Gasteiger partial charge in [-0.1, -0.05) is 61.1 Å². The van der Waals surface area contributed by atoms with Crippen LogP contribution in [0.5, 0.6) is 5.75 Å². The number of esters is 3. The maximum absolute atomic E-state index is 12.7. The van der Waals surface area contributed by atoms with E-state index in [0.29, 0.717) is 30.1 Å². The monoisotopic (exact) mass is 808 g/mol. The highest BCUT2D eigenvalue weighted by molar-refractivity contribution is 7.99. The maximum atomic E-state index is 12.7. The van der Waals surface area contributed by atoms with Crippen molar-refractivity contribution >= 4 is 52.2 Å². The van der Waals surface area contributed by atoms with E-state index in [9.17, 15) is 14.4 Å². The van der Waals surface area contributed by atoms with Gasteiger partial charge in [0.2, 0.25) is 0 Å². The summed E-state index contributed by atoms with van der Waals surface area (Å²) in [6, 6.07) is 33.8. The first-order chi connectivity index (χ1) is 28.3. The lowest BCUT2D eigenvalue weighted by Gasteiger charge is -2.11. The molecule has 5 aromatic rings. The van der Waals surface area contributed by atoms with Gasteiger partial charge in [-0.25, -0.2) is 14.4 Å². The molecule has 9 heteroatoms. The van der Waals surface area contributed by atoms with Gasteiger partial charge >= 0.3 is 17.9 Å². The van der Waals surface area contributed by atoms with Crippen molar-refractivity contribution < 1.29 is 33.3 Å². The number of benzene rings is 5. The molecular formula is C49H44O7S2. The number of hydrogen-bond acceptors (Lipinski definition) is 9. The largest absolute Gasteiger partial charge is 0.488 e. The summed E-state index contributed by atoms with van der Waals surface area (Å²) < 4.78 is 21.2. The van der Waals surface area contributed by atoms with E-state index in [1.807, 2.05) is 60.7 Å². The molecule has 0 amide bonds. The second kappa shape index (κ2) is 23.2. The molecule has 0 aromatic heterocycles. The molecule has 0 aliphatic rings. The van der Waals surface area contributed by atoms with E-state index in [-0.39, 0.29) is 12.6 Å². The summed E-state index contributed by atoms with van der Waals surface area (Å²) in [4.78, 5) is 37.3. The Kier molecular flexibility index (Phi) is 17.2. The average molecular weight is 809 g/mol. The zero-order valence-electron chi connectivity index (χ0n) is 32.4. The lowest BCUT2D eigenvalue weighted by molar-refractivity contribution is -0.138. The van der Waals surface area contributed by atoms with Crippen LogP contribution < -0.4 is 4.74 Å². The number of unbranched alkanes of at least 4 members (excludes halogenated alkanes) is 2. The van der Waals surface area contributed by atoms with E-state index in [4.69, 9.17) is 18.9 Å². The molecule has 0 unspecified atom stereocenters. The molecule has 0 spiro atoms. The van der Waals surface area contributed by atoms with Crippen LogP contribution in [-0.2, 0) is 30.4 Å². The van der Waals surface area contributed by atoms with E-state index in [0.717, 1.165) is 75.1 Å². The fourth-order valence-corrected chi connectivity index (χ4v) is 7.29. The molecule has 0 fully saturated rings. The van der Waals surface area contributed by atoms with Gasteiger partial charge < -0.3 is 18.9 Å². The highest BCUT2D eigenvalue weighted by Crippen LogP contribution is 2.26. The fraction of sp³-hybridized carbons (Fsp3) is 0.204. The summed E-state index contributed by atoms with van der Waals surface area (Å²) >= 11 is 3.53. The number of rotatable bonds is 18. The third-order valence-corrected chi connectivity index (χ3v) is 10.7. The fourth-order valence-electron chi connectivity index (χ4n) is 5.41. The van der Waals surface area contributed by atoms with Crippen LogP contribution in [0.25, 0.3) is 10.8 Å². The molecule has 5 rings (SSSR count). The van der Waals surface area contributed by atoms with Gasteiger partial charge in [0, 0.05) is 44.2 Å². The molecule has 0 saturated heterocycles. The van der Waals surface area contributed by atoms with Crippen LogP contribution in [-0.4, -0.2) is 49.7 Å². The summed E-state index contributed by atoms with van der Waals surface area (Å²) in [5, 5.41) is 2.29. The van der Waals surface area contributed by atoms with Crippen LogP contribution in [0.3, 0.4) is 0 Å². The van der Waals surface area contributed by atoms with Crippen molar-refractivity contribution in [3.05, 3.63) is 162 Å². The van der Waals surface area contributed by atoms with Crippen LogP contribution in [0.15, 0.2) is 138 Å². The van der Waals surface area contributed by atoms with Crippen molar-refractivity contribution in [2.75, 3.05) is 31.8 Å². The van der Waals surface area contributed by atoms with Crippen molar-refractivity contribution in [3.63, 3.8) is 0 Å². The molecule has 0 radical (unpaired) electrons. The Morgan fingerprint density at radius 3 is 1.71 bits per heavy atom. The predicted octanol–water partition coefficient (Wildman–Crippen LogP) is 10.2. The van der Waals surface area contributed by atoms with E-state index < -0.39 is 11.9 Å². The smallest absolute Gasteiger partial charge is 0.341 e. The molecule has 5 aromatic carbocycles. The number of thioether (sulfide) groups is 2. The average Bonchev–Trinajstić information content (AvgIpc) is 3.26. The second-order valence-electron chi connectivity index (χ2n) is 12.8. The number of carbonyl (C=O) groups is 3. The van der Waals surface area contributed by atoms with Crippen molar-refractivity contribution in [1.29, 1.82) is 0 Å². The summed E-state index contributed by atoms with van der Waals surface area (Å²) in [5.74, 6) is 13.8. The third-order valence-electron chi connectivity index (χ3n) is 8.54. The standard InChI is InChI=1S/C49H44O7S2/c1-4-47(50)54-28-6-8-30-57-43-24-19-37(20-25-43)11-15-39-21-27-46(45(33-39)49(52)53-3)56-35-40-16-12-36(13-17-40)10-14-38-18-22-42-34-44(26-23-41(42)32-38)58-31-9-7-29-55-48(51)5-2/h4-5,12-13,16-27,32-34H,1-2,6-9,28-31,35H2,3H3. The maximum Gasteiger partial charge on any atom is 0.341 e. The van der Waals surface area contributed by atoms with Gasteiger partial charge in [0.1, 0.15) is 17.9 Å². The van der Waals surface area contributed by atoms with Gasteiger partial charge in [-0.3, -0.25) is 0 Å². The highest BCUT2D eigenvalue weighted by atomic mass is 32.2. The van der Waals surface area contributed by atoms with E-state index in [1.165, 1.54) is 24.2 Å². The Hall–Kier alpha value is -6.13. The van der Waals surface area contributed by atoms with Crippen molar-refractivity contribution in [2.45, 2.75) is 42.1 Å². The molecule has 0 heterocycles. The number of hydrogen-bond donors (Lipinski definition) is 0.